The third-order valence-electron chi connectivity index (χ3n) is 1.51. The summed E-state index contributed by atoms with van der Waals surface area (Å²) in [5, 5.41) is 8.76. The van der Waals surface area contributed by atoms with E-state index < -0.39 is 5.97 Å². The summed E-state index contributed by atoms with van der Waals surface area (Å²) in [6.07, 6.45) is 0. The number of aromatic carboxylic acids is 1. The van der Waals surface area contributed by atoms with Gasteiger partial charge in [0.05, 0.1) is 6.61 Å². The highest BCUT2D eigenvalue weighted by molar-refractivity contribution is 5.90. The van der Waals surface area contributed by atoms with Crippen molar-refractivity contribution >= 4 is 5.97 Å². The molecule has 1 aromatic heterocycles. The van der Waals surface area contributed by atoms with Crippen LogP contribution < -0.4 is 4.74 Å². The van der Waals surface area contributed by atoms with E-state index in [0.717, 1.165) is 5.69 Å². The number of carbonyl (C=O) groups is 1. The molecule has 0 fully saturated rings. The van der Waals surface area contributed by atoms with Crippen LogP contribution in [0.15, 0.2) is 12.1 Å². The van der Waals surface area contributed by atoms with Crippen LogP contribution in [-0.4, -0.2) is 22.7 Å². The summed E-state index contributed by atoms with van der Waals surface area (Å²) in [7, 11) is 0. The Morgan fingerprint density at radius 3 is 2.85 bits per heavy atom. The number of hydrogen-bond acceptors (Lipinski definition) is 3. The maximum absolute atomic E-state index is 10.7. The van der Waals surface area contributed by atoms with E-state index >= 15 is 0 Å². The molecule has 1 aromatic rings. The number of carboxylic acids is 1. The summed E-state index contributed by atoms with van der Waals surface area (Å²) in [4.78, 5) is 14.7. The number of aromatic nitrogens is 1. The molecule has 0 aliphatic rings. The first-order chi connectivity index (χ1) is 6.15. The minimum Gasteiger partial charge on any atom is -0.477 e. The zero-order chi connectivity index (χ0) is 9.84. The molecule has 0 radical (unpaired) electrons. The van der Waals surface area contributed by atoms with Gasteiger partial charge in [0.25, 0.3) is 0 Å². The van der Waals surface area contributed by atoms with Crippen molar-refractivity contribution in [2.45, 2.75) is 13.8 Å². The van der Waals surface area contributed by atoms with Crippen molar-refractivity contribution in [3.63, 3.8) is 0 Å². The second kappa shape index (κ2) is 3.89. The fourth-order valence-electron chi connectivity index (χ4n) is 0.942. The second-order valence-electron chi connectivity index (χ2n) is 2.54. The van der Waals surface area contributed by atoms with Crippen LogP contribution in [0.4, 0.5) is 0 Å². The molecule has 0 spiro atoms. The lowest BCUT2D eigenvalue weighted by atomic mass is 10.2. The van der Waals surface area contributed by atoms with Crippen LogP contribution in [0, 0.1) is 6.92 Å². The van der Waals surface area contributed by atoms with Gasteiger partial charge >= 0.3 is 5.97 Å². The molecule has 0 amide bonds. The van der Waals surface area contributed by atoms with Crippen molar-refractivity contribution in [1.29, 1.82) is 0 Å². The molecule has 0 aliphatic heterocycles. The lowest BCUT2D eigenvalue weighted by Crippen LogP contribution is -2.05. The van der Waals surface area contributed by atoms with E-state index in [4.69, 9.17) is 9.84 Å². The molecule has 1 rings (SSSR count). The van der Waals surface area contributed by atoms with Crippen molar-refractivity contribution in [3.8, 4) is 5.88 Å². The molecule has 0 aromatic carbocycles. The lowest BCUT2D eigenvalue weighted by Gasteiger charge is -2.05. The van der Waals surface area contributed by atoms with E-state index in [1.54, 1.807) is 19.9 Å². The average molecular weight is 181 g/mol. The molecule has 0 saturated heterocycles. The van der Waals surface area contributed by atoms with Crippen LogP contribution in [0.3, 0.4) is 0 Å². The van der Waals surface area contributed by atoms with Gasteiger partial charge in [-0.25, -0.2) is 9.78 Å². The summed E-state index contributed by atoms with van der Waals surface area (Å²) >= 11 is 0. The van der Waals surface area contributed by atoms with E-state index in [1.807, 2.05) is 0 Å². The molecular weight excluding hydrogens is 170 g/mol. The normalized spacial score (nSPS) is 9.69. The molecule has 0 aliphatic carbocycles. The van der Waals surface area contributed by atoms with Crippen molar-refractivity contribution in [3.05, 3.63) is 23.4 Å². The fourth-order valence-corrected chi connectivity index (χ4v) is 0.942. The van der Waals surface area contributed by atoms with E-state index in [9.17, 15) is 4.79 Å². The second-order valence-corrected chi connectivity index (χ2v) is 2.54. The minimum absolute atomic E-state index is 0.104. The Balaban J connectivity index is 3.10. The Labute approximate surface area is 76.2 Å². The molecule has 1 heterocycles. The van der Waals surface area contributed by atoms with Crippen LogP contribution in [0.5, 0.6) is 5.88 Å². The summed E-state index contributed by atoms with van der Waals surface area (Å²) in [5.74, 6) is -0.828. The highest BCUT2D eigenvalue weighted by atomic mass is 16.5. The monoisotopic (exact) mass is 181 g/mol. The molecule has 1 N–H and O–H groups in total. The summed E-state index contributed by atoms with van der Waals surface area (Å²) in [6.45, 7) is 3.99. The highest BCUT2D eigenvalue weighted by Gasteiger charge is 2.11. The number of ether oxygens (including phenoxy) is 1. The van der Waals surface area contributed by atoms with E-state index in [1.165, 1.54) is 6.07 Å². The third-order valence-corrected chi connectivity index (χ3v) is 1.51. The van der Waals surface area contributed by atoms with Crippen molar-refractivity contribution in [2.75, 3.05) is 6.61 Å². The van der Waals surface area contributed by atoms with Crippen molar-refractivity contribution < 1.29 is 14.6 Å². The molecule has 70 valence electrons. The fraction of sp³-hybridized carbons (Fsp3) is 0.333. The summed E-state index contributed by atoms with van der Waals surface area (Å²) in [5.41, 5.74) is 0.848. The zero-order valence-electron chi connectivity index (χ0n) is 7.57. The lowest BCUT2D eigenvalue weighted by molar-refractivity contribution is 0.0691. The quantitative estimate of drug-likeness (QED) is 0.767. The first kappa shape index (κ1) is 9.51. The van der Waals surface area contributed by atoms with Gasteiger partial charge < -0.3 is 9.84 Å². The van der Waals surface area contributed by atoms with E-state index in [2.05, 4.69) is 4.98 Å². The van der Waals surface area contributed by atoms with Crippen LogP contribution in [0.2, 0.25) is 0 Å². The molecule has 0 atom stereocenters. The molecule has 4 nitrogen and oxygen atoms in total. The number of carboxylic acid groups (broad SMARTS) is 1. The van der Waals surface area contributed by atoms with Crippen molar-refractivity contribution in [1.82, 2.24) is 4.98 Å². The van der Waals surface area contributed by atoms with Crippen LogP contribution in [-0.2, 0) is 0 Å². The number of pyridine rings is 1. The Bertz CT molecular complexity index is 323. The van der Waals surface area contributed by atoms with E-state index in [-0.39, 0.29) is 11.4 Å². The molecule has 0 saturated carbocycles. The molecule has 13 heavy (non-hydrogen) atoms. The van der Waals surface area contributed by atoms with Gasteiger partial charge in [-0.2, -0.15) is 0 Å². The van der Waals surface area contributed by atoms with Gasteiger partial charge in [-0.1, -0.05) is 0 Å². The van der Waals surface area contributed by atoms with Crippen LogP contribution in [0.25, 0.3) is 0 Å². The number of aryl methyl sites for hydroxylation is 1. The Kier molecular flexibility index (Phi) is 2.84. The van der Waals surface area contributed by atoms with Gasteiger partial charge in [0.15, 0.2) is 0 Å². The third kappa shape index (κ3) is 2.18. The van der Waals surface area contributed by atoms with Crippen molar-refractivity contribution in [2.24, 2.45) is 0 Å². The standard InChI is InChI=1S/C9H11NO3/c1-3-13-8-7(9(11)12)5-4-6(2)10-8/h4-5H,3H2,1-2H3,(H,11,12). The number of nitrogens with zero attached hydrogens (tertiary/aromatic N) is 1. The average Bonchev–Trinajstić information content (AvgIpc) is 2.04. The van der Waals surface area contributed by atoms with Gasteiger partial charge in [0.1, 0.15) is 5.56 Å². The Morgan fingerprint density at radius 2 is 2.31 bits per heavy atom. The van der Waals surface area contributed by atoms with Gasteiger partial charge in [-0.05, 0) is 26.0 Å². The summed E-state index contributed by atoms with van der Waals surface area (Å²) in [6, 6.07) is 3.14. The molecule has 0 bridgehead atoms. The maximum atomic E-state index is 10.7. The van der Waals surface area contributed by atoms with Gasteiger partial charge in [0, 0.05) is 5.69 Å². The molecular formula is C9H11NO3. The predicted octanol–water partition coefficient (Wildman–Crippen LogP) is 1.49. The van der Waals surface area contributed by atoms with Gasteiger partial charge in [-0.15, -0.1) is 0 Å². The Morgan fingerprint density at radius 1 is 1.62 bits per heavy atom. The molecule has 4 heteroatoms. The van der Waals surface area contributed by atoms with Gasteiger partial charge in [0.2, 0.25) is 5.88 Å². The maximum Gasteiger partial charge on any atom is 0.341 e. The first-order valence-electron chi connectivity index (χ1n) is 3.99. The van der Waals surface area contributed by atoms with E-state index in [0.29, 0.717) is 6.61 Å². The number of hydrogen-bond donors (Lipinski definition) is 1. The largest absolute Gasteiger partial charge is 0.477 e. The molecule has 0 unspecified atom stereocenters. The minimum atomic E-state index is -1.02. The SMILES string of the molecule is CCOc1nc(C)ccc1C(=O)O. The zero-order valence-corrected chi connectivity index (χ0v) is 7.57. The Hall–Kier alpha value is -1.58. The first-order valence-corrected chi connectivity index (χ1v) is 3.99. The topological polar surface area (TPSA) is 59.4 Å². The van der Waals surface area contributed by atoms with Crippen LogP contribution in [0.1, 0.15) is 23.0 Å². The van der Waals surface area contributed by atoms with Gasteiger partial charge in [-0.3, -0.25) is 0 Å². The smallest absolute Gasteiger partial charge is 0.341 e. The highest BCUT2D eigenvalue weighted by Crippen LogP contribution is 2.15. The number of rotatable bonds is 3. The summed E-state index contributed by atoms with van der Waals surface area (Å²) < 4.78 is 5.09. The van der Waals surface area contributed by atoms with Crippen LogP contribution >= 0.6 is 0 Å². The predicted molar refractivity (Wildman–Crippen MR) is 47.1 cm³/mol.